The zero-order valence-corrected chi connectivity index (χ0v) is 11.5. The Bertz CT molecular complexity index is 448. The van der Waals surface area contributed by atoms with Gasteiger partial charge in [0.25, 0.3) is 0 Å². The van der Waals surface area contributed by atoms with Gasteiger partial charge in [0.1, 0.15) is 10.9 Å². The summed E-state index contributed by atoms with van der Waals surface area (Å²) in [7, 11) is 0. The molecule has 0 bridgehead atoms. The molecule has 17 heavy (non-hydrogen) atoms. The van der Waals surface area contributed by atoms with Crippen LogP contribution in [-0.2, 0) is 11.8 Å². The first-order valence-corrected chi connectivity index (χ1v) is 7.32. The molecule has 0 amide bonds. The Labute approximate surface area is 107 Å². The summed E-state index contributed by atoms with van der Waals surface area (Å²) in [6.07, 6.45) is 7.28. The predicted octanol–water partition coefficient (Wildman–Crippen LogP) is 3.99. The second-order valence-corrected chi connectivity index (χ2v) is 5.98. The van der Waals surface area contributed by atoms with E-state index in [4.69, 9.17) is 11.0 Å². The van der Waals surface area contributed by atoms with Crippen LogP contribution in [0.3, 0.4) is 0 Å². The molecule has 0 radical (unpaired) electrons. The van der Waals surface area contributed by atoms with Crippen LogP contribution in [0.1, 0.15) is 61.3 Å². The van der Waals surface area contributed by atoms with Crippen molar-refractivity contribution >= 4 is 17.0 Å². The minimum atomic E-state index is 0.319. The molecule has 1 saturated carbocycles. The highest BCUT2D eigenvalue weighted by molar-refractivity contribution is 7.13. The maximum Gasteiger partial charge on any atom is 0.128 e. The standard InChI is InChI=1S/C14H20N2S/c1-3-10-12(16)11(9-15)17-13(10)14(4-2)7-5-6-8-14/h3-8,16H2,1-2H3. The monoisotopic (exact) mass is 248 g/mol. The highest BCUT2D eigenvalue weighted by Crippen LogP contribution is 2.49. The van der Waals surface area contributed by atoms with Crippen LogP contribution in [0.2, 0.25) is 0 Å². The average molecular weight is 248 g/mol. The molecule has 0 atom stereocenters. The average Bonchev–Trinajstić information content (AvgIpc) is 2.94. The molecule has 0 saturated heterocycles. The zero-order chi connectivity index (χ0) is 12.5. The number of nitriles is 1. The fourth-order valence-corrected chi connectivity index (χ4v) is 4.56. The van der Waals surface area contributed by atoms with E-state index in [1.165, 1.54) is 42.5 Å². The van der Waals surface area contributed by atoms with Crippen LogP contribution in [-0.4, -0.2) is 0 Å². The van der Waals surface area contributed by atoms with Gasteiger partial charge in [0.2, 0.25) is 0 Å². The SMILES string of the molecule is CCc1c(C2(CC)CCCC2)sc(C#N)c1N. The van der Waals surface area contributed by atoms with Gasteiger partial charge in [-0.25, -0.2) is 0 Å². The third-order valence-electron chi connectivity index (χ3n) is 4.22. The molecule has 1 fully saturated rings. The molecular weight excluding hydrogens is 228 g/mol. The summed E-state index contributed by atoms with van der Waals surface area (Å²) in [5, 5.41) is 9.13. The van der Waals surface area contributed by atoms with Crippen molar-refractivity contribution in [3.8, 4) is 6.07 Å². The molecule has 2 N–H and O–H groups in total. The van der Waals surface area contributed by atoms with Gasteiger partial charge in [-0.05, 0) is 31.2 Å². The van der Waals surface area contributed by atoms with E-state index in [1.807, 2.05) is 0 Å². The third-order valence-corrected chi connectivity index (χ3v) is 5.62. The van der Waals surface area contributed by atoms with E-state index in [0.717, 1.165) is 17.0 Å². The molecule has 0 spiro atoms. The lowest BCUT2D eigenvalue weighted by atomic mass is 9.79. The molecule has 0 unspecified atom stereocenters. The Morgan fingerprint density at radius 2 is 2.00 bits per heavy atom. The summed E-state index contributed by atoms with van der Waals surface area (Å²) in [6.45, 7) is 4.41. The molecule has 1 aliphatic carbocycles. The third kappa shape index (κ3) is 1.85. The Balaban J connectivity index is 2.54. The minimum Gasteiger partial charge on any atom is -0.397 e. The van der Waals surface area contributed by atoms with Crippen LogP contribution in [0.25, 0.3) is 0 Å². The van der Waals surface area contributed by atoms with E-state index in [1.54, 1.807) is 11.3 Å². The molecule has 2 rings (SSSR count). The molecule has 0 aromatic carbocycles. The second-order valence-electron chi connectivity index (χ2n) is 4.96. The summed E-state index contributed by atoms with van der Waals surface area (Å²) >= 11 is 1.65. The van der Waals surface area contributed by atoms with Crippen LogP contribution in [0.4, 0.5) is 5.69 Å². The maximum atomic E-state index is 9.13. The van der Waals surface area contributed by atoms with Crippen LogP contribution in [0.5, 0.6) is 0 Å². The highest BCUT2D eigenvalue weighted by Gasteiger charge is 2.37. The second kappa shape index (κ2) is 4.70. The molecule has 2 nitrogen and oxygen atoms in total. The Morgan fingerprint density at radius 3 is 2.47 bits per heavy atom. The van der Waals surface area contributed by atoms with E-state index >= 15 is 0 Å². The van der Waals surface area contributed by atoms with Crippen molar-refractivity contribution in [2.75, 3.05) is 5.73 Å². The van der Waals surface area contributed by atoms with Gasteiger partial charge in [0.15, 0.2) is 0 Å². The fraction of sp³-hybridized carbons (Fsp3) is 0.643. The lowest BCUT2D eigenvalue weighted by Gasteiger charge is -2.27. The smallest absolute Gasteiger partial charge is 0.128 e. The molecule has 1 aliphatic rings. The molecule has 1 heterocycles. The first kappa shape index (κ1) is 12.4. The van der Waals surface area contributed by atoms with Crippen LogP contribution >= 0.6 is 11.3 Å². The van der Waals surface area contributed by atoms with Crippen molar-refractivity contribution in [2.24, 2.45) is 0 Å². The molecular formula is C14H20N2S. The van der Waals surface area contributed by atoms with Crippen molar-refractivity contribution in [3.63, 3.8) is 0 Å². The summed E-state index contributed by atoms with van der Waals surface area (Å²) in [5.41, 5.74) is 8.40. The predicted molar refractivity (Wildman–Crippen MR) is 73.3 cm³/mol. The van der Waals surface area contributed by atoms with Gasteiger partial charge < -0.3 is 5.73 Å². The molecule has 1 aromatic rings. The summed E-state index contributed by atoms with van der Waals surface area (Å²) < 4.78 is 0. The minimum absolute atomic E-state index is 0.319. The van der Waals surface area contributed by atoms with Crippen LogP contribution in [0.15, 0.2) is 0 Å². The quantitative estimate of drug-likeness (QED) is 0.879. The van der Waals surface area contributed by atoms with Crippen molar-refractivity contribution < 1.29 is 0 Å². The number of hydrogen-bond acceptors (Lipinski definition) is 3. The number of hydrogen-bond donors (Lipinski definition) is 1. The number of nitrogens with two attached hydrogens (primary N) is 1. The fourth-order valence-electron chi connectivity index (χ4n) is 3.13. The zero-order valence-electron chi connectivity index (χ0n) is 10.7. The Morgan fingerprint density at radius 1 is 1.35 bits per heavy atom. The van der Waals surface area contributed by atoms with Gasteiger partial charge in [-0.3, -0.25) is 0 Å². The van der Waals surface area contributed by atoms with Crippen LogP contribution < -0.4 is 5.73 Å². The van der Waals surface area contributed by atoms with Crippen molar-refractivity contribution in [2.45, 2.75) is 57.8 Å². The van der Waals surface area contributed by atoms with Crippen molar-refractivity contribution in [1.82, 2.24) is 0 Å². The normalized spacial score (nSPS) is 18.2. The first-order chi connectivity index (χ1) is 8.18. The molecule has 3 heteroatoms. The van der Waals surface area contributed by atoms with Gasteiger partial charge in [-0.2, -0.15) is 5.26 Å². The summed E-state index contributed by atoms with van der Waals surface area (Å²) in [4.78, 5) is 2.13. The van der Waals surface area contributed by atoms with Crippen molar-refractivity contribution in [1.29, 1.82) is 5.26 Å². The largest absolute Gasteiger partial charge is 0.397 e. The van der Waals surface area contributed by atoms with E-state index in [0.29, 0.717) is 5.41 Å². The Kier molecular flexibility index (Phi) is 3.44. The number of thiophene rings is 1. The lowest BCUT2D eigenvalue weighted by Crippen LogP contribution is -2.20. The summed E-state index contributed by atoms with van der Waals surface area (Å²) in [5.74, 6) is 0. The van der Waals surface area contributed by atoms with E-state index < -0.39 is 0 Å². The van der Waals surface area contributed by atoms with Gasteiger partial charge >= 0.3 is 0 Å². The number of nitrogen functional groups attached to an aromatic ring is 1. The lowest BCUT2D eigenvalue weighted by molar-refractivity contribution is 0.431. The first-order valence-electron chi connectivity index (χ1n) is 6.50. The highest BCUT2D eigenvalue weighted by atomic mass is 32.1. The van der Waals surface area contributed by atoms with E-state index in [-0.39, 0.29) is 0 Å². The van der Waals surface area contributed by atoms with Crippen molar-refractivity contribution in [3.05, 3.63) is 15.3 Å². The molecule has 1 aromatic heterocycles. The Hall–Kier alpha value is -1.01. The topological polar surface area (TPSA) is 49.8 Å². The maximum absolute atomic E-state index is 9.13. The molecule has 0 aliphatic heterocycles. The van der Waals surface area contributed by atoms with Gasteiger partial charge in [-0.1, -0.05) is 26.7 Å². The van der Waals surface area contributed by atoms with Gasteiger partial charge in [-0.15, -0.1) is 11.3 Å². The van der Waals surface area contributed by atoms with Crippen LogP contribution in [0, 0.1) is 11.3 Å². The summed E-state index contributed by atoms with van der Waals surface area (Å²) in [6, 6.07) is 2.25. The molecule has 92 valence electrons. The van der Waals surface area contributed by atoms with Gasteiger partial charge in [0.05, 0.1) is 5.69 Å². The van der Waals surface area contributed by atoms with Gasteiger partial charge in [0, 0.05) is 10.3 Å². The number of anilines is 1. The van der Waals surface area contributed by atoms with E-state index in [9.17, 15) is 0 Å². The number of nitrogens with zero attached hydrogens (tertiary/aromatic N) is 1. The van der Waals surface area contributed by atoms with E-state index in [2.05, 4.69) is 19.9 Å². The number of rotatable bonds is 3.